The van der Waals surface area contributed by atoms with Crippen LogP contribution in [-0.4, -0.2) is 60.6 Å². The molecule has 4 amide bonds. The number of amides is 4. The maximum atomic E-state index is 14.0. The second kappa shape index (κ2) is 10.3. The fourth-order valence-electron chi connectivity index (χ4n) is 4.91. The Balaban J connectivity index is 1.45. The molecule has 0 aliphatic carbocycles. The van der Waals surface area contributed by atoms with Gasteiger partial charge in [-0.1, -0.05) is 50.0 Å². The zero-order valence-corrected chi connectivity index (χ0v) is 23.2. The lowest BCUT2D eigenvalue weighted by molar-refractivity contribution is -0.135. The van der Waals surface area contributed by atoms with E-state index in [1.807, 2.05) is 24.3 Å². The minimum atomic E-state index is -1.52. The van der Waals surface area contributed by atoms with E-state index in [-0.39, 0.29) is 31.3 Å². The number of pyridine rings is 1. The van der Waals surface area contributed by atoms with Crippen molar-refractivity contribution in [1.29, 1.82) is 0 Å². The second-order valence-corrected chi connectivity index (χ2v) is 16.8. The van der Waals surface area contributed by atoms with Crippen molar-refractivity contribution in [2.24, 2.45) is 0 Å². The highest BCUT2D eigenvalue weighted by atomic mass is 28.3. The molecule has 10 heteroatoms. The van der Waals surface area contributed by atoms with Crippen molar-refractivity contribution in [3.63, 3.8) is 0 Å². The van der Waals surface area contributed by atoms with Crippen LogP contribution in [0.3, 0.4) is 0 Å². The van der Waals surface area contributed by atoms with E-state index in [9.17, 15) is 18.8 Å². The number of nitrogens with one attached hydrogen (secondary N) is 1. The number of halogens is 1. The maximum Gasteiger partial charge on any atom is 0.327 e. The molecule has 3 aromatic rings. The first-order chi connectivity index (χ1) is 18.6. The van der Waals surface area contributed by atoms with Crippen molar-refractivity contribution in [3.8, 4) is 11.1 Å². The Bertz CT molecular complexity index is 1410. The number of benzene rings is 2. The number of nitrogens with zero attached hydrogens (tertiary/aromatic N) is 3. The molecule has 39 heavy (non-hydrogen) atoms. The quantitative estimate of drug-likeness (QED) is 0.241. The summed E-state index contributed by atoms with van der Waals surface area (Å²) in [5.74, 6) is -1.38. The summed E-state index contributed by atoms with van der Waals surface area (Å²) in [6, 6.07) is 15.5. The molecule has 0 bridgehead atoms. The van der Waals surface area contributed by atoms with Gasteiger partial charge in [-0.2, -0.15) is 0 Å². The van der Waals surface area contributed by atoms with Crippen molar-refractivity contribution >= 4 is 25.9 Å². The molecule has 1 fully saturated rings. The van der Waals surface area contributed by atoms with E-state index >= 15 is 0 Å². The van der Waals surface area contributed by atoms with Gasteiger partial charge in [0.05, 0.1) is 6.54 Å². The molecule has 8 nitrogen and oxygen atoms in total. The molecule has 3 heterocycles. The first kappa shape index (κ1) is 26.7. The largest absolute Gasteiger partial charge is 0.361 e. The summed E-state index contributed by atoms with van der Waals surface area (Å²) in [6.45, 7) is 7.05. The molecule has 0 saturated carbocycles. The summed E-state index contributed by atoms with van der Waals surface area (Å²) in [5, 5.41) is 2.87. The Labute approximate surface area is 227 Å². The monoisotopic (exact) mass is 546 g/mol. The molecule has 2 aliphatic heterocycles. The molecule has 1 N–H and O–H groups in total. The van der Waals surface area contributed by atoms with Crippen molar-refractivity contribution in [2.45, 2.75) is 37.8 Å². The number of imide groups is 1. The van der Waals surface area contributed by atoms with Crippen LogP contribution in [0.25, 0.3) is 11.1 Å². The van der Waals surface area contributed by atoms with Gasteiger partial charge < -0.3 is 15.0 Å². The number of aromatic nitrogens is 1. The van der Waals surface area contributed by atoms with Crippen LogP contribution < -0.4 is 5.32 Å². The van der Waals surface area contributed by atoms with Crippen LogP contribution in [0.4, 0.5) is 9.18 Å². The third-order valence-electron chi connectivity index (χ3n) is 7.16. The van der Waals surface area contributed by atoms with E-state index in [1.54, 1.807) is 30.6 Å². The van der Waals surface area contributed by atoms with Crippen molar-refractivity contribution in [1.82, 2.24) is 20.1 Å². The summed E-state index contributed by atoms with van der Waals surface area (Å²) < 4.78 is 19.6. The summed E-state index contributed by atoms with van der Waals surface area (Å²) in [4.78, 5) is 46.9. The summed E-state index contributed by atoms with van der Waals surface area (Å²) in [6.07, 6.45) is 3.40. The van der Waals surface area contributed by atoms with Gasteiger partial charge >= 0.3 is 6.03 Å². The molecular weight excluding hydrogens is 515 g/mol. The predicted octanol–water partition coefficient (Wildman–Crippen LogP) is 4.60. The van der Waals surface area contributed by atoms with Crippen LogP contribution in [0.1, 0.15) is 21.5 Å². The van der Waals surface area contributed by atoms with Crippen molar-refractivity contribution < 1.29 is 23.5 Å². The van der Waals surface area contributed by atoms with E-state index in [0.717, 1.165) is 22.1 Å². The van der Waals surface area contributed by atoms with Crippen LogP contribution in [0.2, 0.25) is 25.7 Å². The number of ether oxygens (including phenoxy) is 1. The van der Waals surface area contributed by atoms with E-state index in [1.165, 1.54) is 17.0 Å². The zero-order valence-electron chi connectivity index (χ0n) is 22.2. The SMILES string of the molecule is C[Si](C)(C)CCOCN1C(=O)N[C@@](CN2Cc3ccc(F)cc3C2=O)(c2ccc(-c3ccncc3)cc2)C1=O. The second-order valence-electron chi connectivity index (χ2n) is 11.2. The van der Waals surface area contributed by atoms with Crippen LogP contribution in [0.5, 0.6) is 0 Å². The van der Waals surface area contributed by atoms with Crippen LogP contribution in [0, 0.1) is 5.82 Å². The molecular formula is C29H31FN4O4Si. The van der Waals surface area contributed by atoms with Gasteiger partial charge in [-0.05, 0) is 52.6 Å². The minimum absolute atomic E-state index is 0.104. The standard InChI is InChI=1S/C29H31FN4O4Si/c1-39(2,3)15-14-38-19-34-27(36)29(32-28(34)37,18-33-17-22-6-9-24(30)16-25(22)26(33)35)23-7-4-20(5-8-23)21-10-12-31-13-11-21/h4-13,16H,14-15,17-19H2,1-3H3,(H,32,37)/t29-/m0/s1. The lowest BCUT2D eigenvalue weighted by atomic mass is 9.87. The number of carbonyl (C=O) groups is 3. The van der Waals surface area contributed by atoms with E-state index in [2.05, 4.69) is 29.9 Å². The predicted molar refractivity (Wildman–Crippen MR) is 147 cm³/mol. The Morgan fingerprint density at radius 3 is 2.38 bits per heavy atom. The average molecular weight is 547 g/mol. The first-order valence-electron chi connectivity index (χ1n) is 12.9. The lowest BCUT2D eigenvalue weighted by Gasteiger charge is -2.32. The Morgan fingerprint density at radius 1 is 1.00 bits per heavy atom. The number of rotatable bonds is 9. The van der Waals surface area contributed by atoms with Gasteiger partial charge in [-0.3, -0.25) is 14.6 Å². The highest BCUT2D eigenvalue weighted by molar-refractivity contribution is 6.76. The van der Waals surface area contributed by atoms with Crippen LogP contribution >= 0.6 is 0 Å². The fourth-order valence-corrected chi connectivity index (χ4v) is 5.67. The van der Waals surface area contributed by atoms with Gasteiger partial charge in [0.1, 0.15) is 12.5 Å². The normalized spacial score (nSPS) is 19.0. The highest BCUT2D eigenvalue weighted by Gasteiger charge is 2.54. The zero-order chi connectivity index (χ0) is 27.8. The van der Waals surface area contributed by atoms with Crippen molar-refractivity contribution in [2.75, 3.05) is 19.9 Å². The molecule has 2 aliphatic rings. The molecule has 0 unspecified atom stereocenters. The Morgan fingerprint density at radius 2 is 1.69 bits per heavy atom. The third-order valence-corrected chi connectivity index (χ3v) is 8.87. The Kier molecular flexibility index (Phi) is 7.08. The molecule has 1 saturated heterocycles. The highest BCUT2D eigenvalue weighted by Crippen LogP contribution is 2.35. The van der Waals surface area contributed by atoms with Gasteiger partial charge in [0.2, 0.25) is 0 Å². The number of hydrogen-bond donors (Lipinski definition) is 1. The van der Waals surface area contributed by atoms with Gasteiger partial charge in [0.25, 0.3) is 11.8 Å². The Hall–Kier alpha value is -3.89. The first-order valence-corrected chi connectivity index (χ1v) is 16.6. The number of hydrogen-bond acceptors (Lipinski definition) is 5. The molecule has 0 spiro atoms. The van der Waals surface area contributed by atoms with Crippen molar-refractivity contribution in [3.05, 3.63) is 89.5 Å². The minimum Gasteiger partial charge on any atom is -0.361 e. The smallest absolute Gasteiger partial charge is 0.327 e. The van der Waals surface area contributed by atoms with Gasteiger partial charge in [-0.25, -0.2) is 14.1 Å². The third kappa shape index (κ3) is 5.34. The summed E-state index contributed by atoms with van der Waals surface area (Å²) in [7, 11) is -1.35. The maximum absolute atomic E-state index is 14.0. The van der Waals surface area contributed by atoms with Crippen LogP contribution in [0.15, 0.2) is 67.0 Å². The molecule has 2 aromatic carbocycles. The molecule has 5 rings (SSSR count). The topological polar surface area (TPSA) is 91.8 Å². The van der Waals surface area contributed by atoms with Gasteiger partial charge in [-0.15, -0.1) is 0 Å². The van der Waals surface area contributed by atoms with Gasteiger partial charge in [0.15, 0.2) is 5.54 Å². The van der Waals surface area contributed by atoms with Crippen LogP contribution in [-0.2, 0) is 21.6 Å². The number of fused-ring (bicyclic) bond motifs is 1. The summed E-state index contributed by atoms with van der Waals surface area (Å²) >= 11 is 0. The molecule has 1 atom stereocenters. The van der Waals surface area contributed by atoms with Gasteiger partial charge in [0, 0.05) is 39.2 Å². The molecule has 1 aromatic heterocycles. The van der Waals surface area contributed by atoms with E-state index in [0.29, 0.717) is 17.7 Å². The number of carbonyl (C=O) groups excluding carboxylic acids is 3. The molecule has 202 valence electrons. The van der Waals surface area contributed by atoms with E-state index < -0.39 is 31.4 Å². The average Bonchev–Trinajstić information content (AvgIpc) is 3.34. The number of urea groups is 1. The lowest BCUT2D eigenvalue weighted by Crippen LogP contribution is -2.53. The molecule has 0 radical (unpaired) electrons. The van der Waals surface area contributed by atoms with E-state index in [4.69, 9.17) is 4.74 Å². The fraction of sp³-hybridized carbons (Fsp3) is 0.310. The summed E-state index contributed by atoms with van der Waals surface area (Å²) in [5.41, 5.74) is 1.83.